The molecule has 206 valence electrons. The molecule has 5 rings (SSSR count). The van der Waals surface area contributed by atoms with Crippen molar-refractivity contribution < 1.29 is 19.2 Å². The number of nitro groups is 2. The number of thiazole rings is 1. The van der Waals surface area contributed by atoms with Crippen molar-refractivity contribution in [1.29, 1.82) is 0 Å². The second kappa shape index (κ2) is 12.1. The molecule has 0 fully saturated rings. The maximum absolute atomic E-state index is 11.9. The van der Waals surface area contributed by atoms with E-state index in [0.717, 1.165) is 46.8 Å². The van der Waals surface area contributed by atoms with Crippen LogP contribution in [-0.2, 0) is 6.54 Å². The minimum Gasteiger partial charge on any atom is -0.449 e. The fraction of sp³-hybridized carbons (Fsp3) is 0.161. The monoisotopic (exact) mass is 567 g/mol. The Morgan fingerprint density at radius 2 is 1.76 bits per heavy atom. The largest absolute Gasteiger partial charge is 0.449 e. The van der Waals surface area contributed by atoms with Gasteiger partial charge in [0.2, 0.25) is 5.75 Å². The van der Waals surface area contributed by atoms with Crippen LogP contribution in [0.5, 0.6) is 11.5 Å². The van der Waals surface area contributed by atoms with Gasteiger partial charge < -0.3 is 4.74 Å². The van der Waals surface area contributed by atoms with Crippen molar-refractivity contribution in [2.45, 2.75) is 33.2 Å². The number of aromatic nitrogens is 2. The Balaban J connectivity index is 1.62. The van der Waals surface area contributed by atoms with Crippen LogP contribution in [0.25, 0.3) is 32.9 Å². The van der Waals surface area contributed by atoms with Crippen LogP contribution in [0.2, 0.25) is 0 Å². The number of ether oxygens (including phenoxy) is 1. The third kappa shape index (κ3) is 6.28. The average Bonchev–Trinajstić information content (AvgIpc) is 3.40. The summed E-state index contributed by atoms with van der Waals surface area (Å²) < 4.78 is 9.41. The fourth-order valence-electron chi connectivity index (χ4n) is 4.40. The number of nitrogens with zero attached hydrogens (tertiary/aromatic N) is 4. The third-order valence-electron chi connectivity index (χ3n) is 6.49. The molecule has 0 unspecified atom stereocenters. The first-order valence-corrected chi connectivity index (χ1v) is 13.9. The Kier molecular flexibility index (Phi) is 8.11. The van der Waals surface area contributed by atoms with Crippen molar-refractivity contribution in [2.75, 3.05) is 0 Å². The molecule has 0 aliphatic rings. The minimum absolute atomic E-state index is 0.0989. The second-order valence-electron chi connectivity index (χ2n) is 9.54. The average molecular weight is 568 g/mol. The van der Waals surface area contributed by atoms with Gasteiger partial charge in [0.25, 0.3) is 5.69 Å². The summed E-state index contributed by atoms with van der Waals surface area (Å²) in [5, 5.41) is 23.9. The molecule has 0 saturated carbocycles. The number of aryl methyl sites for hydroxylation is 2. The number of hydrogen-bond acceptors (Lipinski definition) is 7. The second-order valence-corrected chi connectivity index (χ2v) is 10.6. The number of para-hydroxylation sites is 1. The van der Waals surface area contributed by atoms with Crippen LogP contribution in [0.4, 0.5) is 11.4 Å². The number of fused-ring (bicyclic) bond motifs is 1. The summed E-state index contributed by atoms with van der Waals surface area (Å²) >= 11 is 1.49. The molecule has 2 heterocycles. The standard InChI is InChI=1S/C31H27N4O5S/c1-3-4-15-33-16-13-22(14-17-33)9-10-23-18-21(2)19-25(31-32-26-7-5-6-8-29(26)41-31)30(23)40-28-12-11-24(34(36)37)20-27(28)35(38)39/h5-14,16-20H,3-4,15H2,1-2H3/q+1/b10-9+. The Labute approximate surface area is 240 Å². The number of pyridine rings is 1. The number of hydrogen-bond donors (Lipinski definition) is 0. The molecular weight excluding hydrogens is 540 g/mol. The smallest absolute Gasteiger partial charge is 0.318 e. The van der Waals surface area contributed by atoms with Gasteiger partial charge in [-0.2, -0.15) is 0 Å². The van der Waals surface area contributed by atoms with Crippen molar-refractivity contribution in [3.63, 3.8) is 0 Å². The Bertz CT molecular complexity index is 1750. The van der Waals surface area contributed by atoms with E-state index in [2.05, 4.69) is 11.5 Å². The molecule has 0 spiro atoms. The zero-order chi connectivity index (χ0) is 28.9. The van der Waals surface area contributed by atoms with Gasteiger partial charge in [-0.05, 0) is 48.4 Å². The predicted molar refractivity (Wildman–Crippen MR) is 160 cm³/mol. The van der Waals surface area contributed by atoms with Crippen molar-refractivity contribution >= 4 is 45.1 Å². The lowest BCUT2D eigenvalue weighted by Gasteiger charge is -2.14. The van der Waals surface area contributed by atoms with Crippen LogP contribution in [0.15, 0.2) is 79.1 Å². The lowest BCUT2D eigenvalue weighted by molar-refractivity contribution is -0.697. The van der Waals surface area contributed by atoms with Crippen molar-refractivity contribution in [3.05, 3.63) is 116 Å². The van der Waals surface area contributed by atoms with Gasteiger partial charge in [0.1, 0.15) is 17.3 Å². The van der Waals surface area contributed by atoms with Gasteiger partial charge in [-0.1, -0.05) is 37.6 Å². The lowest BCUT2D eigenvalue weighted by atomic mass is 10.0. The van der Waals surface area contributed by atoms with Crippen molar-refractivity contribution in [3.8, 4) is 22.1 Å². The number of non-ortho nitro benzene ring substituents is 1. The number of benzene rings is 3. The summed E-state index contributed by atoms with van der Waals surface area (Å²) in [5.41, 5.74) is 3.24. The Morgan fingerprint density at radius 1 is 0.976 bits per heavy atom. The van der Waals surface area contributed by atoms with E-state index in [0.29, 0.717) is 21.9 Å². The van der Waals surface area contributed by atoms with E-state index in [9.17, 15) is 20.2 Å². The molecule has 9 nitrogen and oxygen atoms in total. The number of rotatable bonds is 10. The summed E-state index contributed by atoms with van der Waals surface area (Å²) in [6, 6.07) is 19.1. The molecule has 3 aromatic carbocycles. The molecule has 41 heavy (non-hydrogen) atoms. The Hall–Kier alpha value is -4.96. The third-order valence-corrected chi connectivity index (χ3v) is 7.56. The van der Waals surface area contributed by atoms with Crippen LogP contribution in [0, 0.1) is 27.2 Å². The summed E-state index contributed by atoms with van der Waals surface area (Å²) in [6.45, 7) is 5.08. The number of nitro benzene ring substituents is 2. The molecule has 2 aromatic heterocycles. The Morgan fingerprint density at radius 3 is 2.46 bits per heavy atom. The molecule has 0 N–H and O–H groups in total. The first-order chi connectivity index (χ1) is 19.8. The lowest BCUT2D eigenvalue weighted by Crippen LogP contribution is -2.32. The number of unbranched alkanes of at least 4 members (excludes halogenated alkanes) is 1. The zero-order valence-corrected chi connectivity index (χ0v) is 23.3. The van der Waals surface area contributed by atoms with Gasteiger partial charge in [-0.15, -0.1) is 11.3 Å². The van der Waals surface area contributed by atoms with E-state index in [1.54, 1.807) is 0 Å². The fourth-order valence-corrected chi connectivity index (χ4v) is 5.38. The minimum atomic E-state index is -0.679. The van der Waals surface area contributed by atoms with Crippen LogP contribution in [-0.4, -0.2) is 14.8 Å². The highest BCUT2D eigenvalue weighted by Crippen LogP contribution is 2.43. The molecule has 0 aliphatic heterocycles. The van der Waals surface area contributed by atoms with Gasteiger partial charge >= 0.3 is 5.69 Å². The molecule has 0 bridgehead atoms. The predicted octanol–water partition coefficient (Wildman–Crippen LogP) is 8.14. The highest BCUT2D eigenvalue weighted by molar-refractivity contribution is 7.21. The summed E-state index contributed by atoms with van der Waals surface area (Å²) in [6.07, 6.45) is 10.2. The van der Waals surface area contributed by atoms with E-state index >= 15 is 0 Å². The topological polar surface area (TPSA) is 112 Å². The van der Waals surface area contributed by atoms with Gasteiger partial charge in [0, 0.05) is 30.2 Å². The van der Waals surface area contributed by atoms with Crippen LogP contribution >= 0.6 is 11.3 Å². The molecule has 0 radical (unpaired) electrons. The molecule has 0 atom stereocenters. The van der Waals surface area contributed by atoms with Gasteiger partial charge in [0.05, 0.1) is 31.7 Å². The van der Waals surface area contributed by atoms with Crippen LogP contribution in [0.3, 0.4) is 0 Å². The van der Waals surface area contributed by atoms with E-state index in [-0.39, 0.29) is 11.4 Å². The first-order valence-electron chi connectivity index (χ1n) is 13.1. The summed E-state index contributed by atoms with van der Waals surface area (Å²) in [7, 11) is 0. The van der Waals surface area contributed by atoms with Crippen LogP contribution in [0.1, 0.15) is 36.5 Å². The van der Waals surface area contributed by atoms with Crippen molar-refractivity contribution in [2.24, 2.45) is 0 Å². The highest BCUT2D eigenvalue weighted by atomic mass is 32.1. The maximum atomic E-state index is 11.9. The first kappa shape index (κ1) is 27.6. The van der Waals surface area contributed by atoms with Gasteiger partial charge in [0.15, 0.2) is 12.4 Å². The summed E-state index contributed by atoms with van der Waals surface area (Å²) in [4.78, 5) is 26.6. The van der Waals surface area contributed by atoms with Gasteiger partial charge in [-0.25, -0.2) is 9.55 Å². The molecule has 0 saturated heterocycles. The highest BCUT2D eigenvalue weighted by Gasteiger charge is 2.24. The zero-order valence-electron chi connectivity index (χ0n) is 22.5. The summed E-state index contributed by atoms with van der Waals surface area (Å²) in [5.74, 6) is 0.273. The molecular formula is C31H27N4O5S+. The molecule has 0 amide bonds. The quantitative estimate of drug-likeness (QED) is 0.0956. The normalized spacial score (nSPS) is 11.3. The van der Waals surface area contributed by atoms with Crippen molar-refractivity contribution in [1.82, 2.24) is 4.98 Å². The van der Waals surface area contributed by atoms with E-state index in [4.69, 9.17) is 9.72 Å². The molecule has 0 aliphatic carbocycles. The maximum Gasteiger partial charge on any atom is 0.318 e. The van der Waals surface area contributed by atoms with E-state index in [1.807, 2.05) is 80.0 Å². The molecule has 10 heteroatoms. The van der Waals surface area contributed by atoms with E-state index < -0.39 is 15.5 Å². The van der Waals surface area contributed by atoms with Gasteiger partial charge in [-0.3, -0.25) is 20.2 Å². The molecule has 5 aromatic rings. The van der Waals surface area contributed by atoms with Crippen LogP contribution < -0.4 is 9.30 Å². The SMILES string of the molecule is CCCC[n+]1ccc(/C=C/c2cc(C)cc(-c3nc4ccccc4s3)c2Oc2ccc([N+](=O)[O-])cc2[N+](=O)[O-])cc1. The van der Waals surface area contributed by atoms with E-state index in [1.165, 1.54) is 23.5 Å².